The van der Waals surface area contributed by atoms with E-state index in [1.807, 2.05) is 0 Å². The van der Waals surface area contributed by atoms with Crippen molar-refractivity contribution in [3.05, 3.63) is 28.9 Å². The van der Waals surface area contributed by atoms with Gasteiger partial charge in [0.2, 0.25) is 0 Å². The largest absolute Gasteiger partial charge is 0.421 e. The Morgan fingerprint density at radius 2 is 2.47 bits per heavy atom. The molecule has 1 atom stereocenters. The van der Waals surface area contributed by atoms with Crippen molar-refractivity contribution in [2.24, 2.45) is 0 Å². The van der Waals surface area contributed by atoms with E-state index in [2.05, 4.69) is 4.98 Å². The summed E-state index contributed by atoms with van der Waals surface area (Å²) in [5, 5.41) is 9.35. The highest BCUT2D eigenvalue weighted by molar-refractivity contribution is 6.18. The van der Waals surface area contributed by atoms with Crippen molar-refractivity contribution in [3.8, 4) is 0 Å². The average Bonchev–Trinajstić information content (AvgIpc) is 2.55. The summed E-state index contributed by atoms with van der Waals surface area (Å²) in [4.78, 5) is 15.4. The van der Waals surface area contributed by atoms with Gasteiger partial charge in [0.15, 0.2) is 11.2 Å². The van der Waals surface area contributed by atoms with E-state index >= 15 is 0 Å². The molecule has 0 aliphatic heterocycles. The Labute approximate surface area is 89.9 Å². The van der Waals surface area contributed by atoms with Crippen LogP contribution in [0.2, 0.25) is 0 Å². The molecule has 0 radical (unpaired) electrons. The summed E-state index contributed by atoms with van der Waals surface area (Å²) in [6.07, 6.45) is 0.771. The molecule has 15 heavy (non-hydrogen) atoms. The summed E-state index contributed by atoms with van der Waals surface area (Å²) in [7, 11) is 0. The molecule has 0 saturated carbocycles. The lowest BCUT2D eigenvalue weighted by Gasteiger charge is -2.05. The van der Waals surface area contributed by atoms with Gasteiger partial charge in [-0.1, -0.05) is 0 Å². The highest BCUT2D eigenvalue weighted by Crippen LogP contribution is 2.09. The lowest BCUT2D eigenvalue weighted by molar-refractivity contribution is 0.174. The second kappa shape index (κ2) is 4.04. The van der Waals surface area contributed by atoms with Crippen LogP contribution in [-0.2, 0) is 6.54 Å². The molecule has 0 aromatic carbocycles. The van der Waals surface area contributed by atoms with Gasteiger partial charge in [0.1, 0.15) is 0 Å². The first-order valence-electron chi connectivity index (χ1n) is 4.40. The summed E-state index contributed by atoms with van der Waals surface area (Å²) in [6, 6.07) is 3.32. The zero-order valence-corrected chi connectivity index (χ0v) is 8.52. The summed E-state index contributed by atoms with van der Waals surface area (Å²) >= 11 is 5.46. The van der Waals surface area contributed by atoms with Gasteiger partial charge in [-0.2, -0.15) is 0 Å². The normalized spacial score (nSPS) is 13.2. The molecular weight excluding hydrogens is 220 g/mol. The number of nitrogens with zero attached hydrogens (tertiary/aromatic N) is 2. The molecular formula is C9H9ClN2O3. The lowest BCUT2D eigenvalue weighted by Crippen LogP contribution is -2.24. The van der Waals surface area contributed by atoms with Gasteiger partial charge < -0.3 is 9.52 Å². The minimum Gasteiger partial charge on any atom is -0.406 e. The minimum absolute atomic E-state index is 0.0615. The summed E-state index contributed by atoms with van der Waals surface area (Å²) in [5.41, 5.74) is 0.830. The van der Waals surface area contributed by atoms with Crippen molar-refractivity contribution in [1.29, 1.82) is 0 Å². The van der Waals surface area contributed by atoms with Gasteiger partial charge in [-0.15, -0.1) is 11.6 Å². The second-order valence-electron chi connectivity index (χ2n) is 3.11. The third kappa shape index (κ3) is 1.88. The SMILES string of the molecule is O=c1oc2cccnc2n1CC(O)CCl. The Hall–Kier alpha value is -1.33. The number of aliphatic hydroxyl groups is 1. The topological polar surface area (TPSA) is 68.3 Å². The molecule has 0 bridgehead atoms. The molecule has 2 heterocycles. The first-order valence-corrected chi connectivity index (χ1v) is 4.94. The minimum atomic E-state index is -0.785. The number of hydrogen-bond acceptors (Lipinski definition) is 4. The van der Waals surface area contributed by atoms with Crippen molar-refractivity contribution >= 4 is 22.8 Å². The van der Waals surface area contributed by atoms with E-state index in [0.29, 0.717) is 11.2 Å². The molecule has 0 amide bonds. The Bertz CT molecular complexity index is 519. The third-order valence-electron chi connectivity index (χ3n) is 2.00. The number of aromatic nitrogens is 2. The molecule has 1 N–H and O–H groups in total. The number of fused-ring (bicyclic) bond motifs is 1. The second-order valence-corrected chi connectivity index (χ2v) is 3.42. The van der Waals surface area contributed by atoms with Crippen molar-refractivity contribution < 1.29 is 9.52 Å². The molecule has 0 aliphatic rings. The fourth-order valence-corrected chi connectivity index (χ4v) is 1.42. The summed E-state index contributed by atoms with van der Waals surface area (Å²) in [6.45, 7) is 0.0896. The monoisotopic (exact) mass is 228 g/mol. The Balaban J connectivity index is 2.50. The third-order valence-corrected chi connectivity index (χ3v) is 2.35. The predicted molar refractivity (Wildman–Crippen MR) is 55.0 cm³/mol. The van der Waals surface area contributed by atoms with E-state index in [1.165, 1.54) is 4.57 Å². The zero-order valence-electron chi connectivity index (χ0n) is 7.76. The quantitative estimate of drug-likeness (QED) is 0.781. The van der Waals surface area contributed by atoms with E-state index in [-0.39, 0.29) is 12.4 Å². The number of pyridine rings is 1. The molecule has 1 unspecified atom stereocenters. The van der Waals surface area contributed by atoms with Gasteiger partial charge in [0.05, 0.1) is 18.5 Å². The van der Waals surface area contributed by atoms with Crippen molar-refractivity contribution in [3.63, 3.8) is 0 Å². The number of rotatable bonds is 3. The highest BCUT2D eigenvalue weighted by atomic mass is 35.5. The fourth-order valence-electron chi connectivity index (χ4n) is 1.32. The summed E-state index contributed by atoms with van der Waals surface area (Å²) < 4.78 is 6.20. The maximum atomic E-state index is 11.4. The molecule has 2 rings (SSSR count). The van der Waals surface area contributed by atoms with Crippen LogP contribution >= 0.6 is 11.6 Å². The molecule has 80 valence electrons. The number of alkyl halides is 1. The smallest absolute Gasteiger partial charge is 0.406 e. The fraction of sp³-hybridized carbons (Fsp3) is 0.333. The Kier molecular flexibility index (Phi) is 2.75. The molecule has 0 saturated heterocycles. The number of hydrogen-bond donors (Lipinski definition) is 1. The Morgan fingerprint density at radius 1 is 1.67 bits per heavy atom. The Morgan fingerprint density at radius 3 is 3.20 bits per heavy atom. The molecule has 0 fully saturated rings. The van der Waals surface area contributed by atoms with Crippen LogP contribution in [0.3, 0.4) is 0 Å². The average molecular weight is 229 g/mol. The van der Waals surface area contributed by atoms with Crippen LogP contribution in [0.5, 0.6) is 0 Å². The maximum Gasteiger partial charge on any atom is 0.421 e. The van der Waals surface area contributed by atoms with E-state index in [4.69, 9.17) is 16.0 Å². The molecule has 2 aromatic heterocycles. The van der Waals surface area contributed by atoms with Gasteiger partial charge in [-0.3, -0.25) is 4.57 Å². The van der Waals surface area contributed by atoms with Gasteiger partial charge in [-0.05, 0) is 12.1 Å². The standard InChI is InChI=1S/C9H9ClN2O3/c10-4-6(13)5-12-8-7(15-9(12)14)2-1-3-11-8/h1-3,6,13H,4-5H2. The highest BCUT2D eigenvalue weighted by Gasteiger charge is 2.12. The van der Waals surface area contributed by atoms with Crippen LogP contribution in [0.15, 0.2) is 27.5 Å². The van der Waals surface area contributed by atoms with Crippen LogP contribution < -0.4 is 5.76 Å². The lowest BCUT2D eigenvalue weighted by atomic mass is 10.4. The van der Waals surface area contributed by atoms with Crippen LogP contribution in [0.4, 0.5) is 0 Å². The van der Waals surface area contributed by atoms with Gasteiger partial charge >= 0.3 is 5.76 Å². The van der Waals surface area contributed by atoms with Crippen molar-refractivity contribution in [2.45, 2.75) is 12.6 Å². The first kappa shape index (κ1) is 10.2. The van der Waals surface area contributed by atoms with E-state index in [0.717, 1.165) is 0 Å². The maximum absolute atomic E-state index is 11.4. The number of halogens is 1. The van der Waals surface area contributed by atoms with E-state index < -0.39 is 11.9 Å². The zero-order chi connectivity index (χ0) is 10.8. The summed E-state index contributed by atoms with van der Waals surface area (Å²) in [5.74, 6) is -0.473. The number of oxazole rings is 1. The van der Waals surface area contributed by atoms with Gasteiger partial charge in [-0.25, -0.2) is 9.78 Å². The van der Waals surface area contributed by atoms with Crippen LogP contribution in [-0.4, -0.2) is 26.6 Å². The molecule has 0 spiro atoms. The molecule has 6 heteroatoms. The van der Waals surface area contributed by atoms with Crippen LogP contribution in [0.25, 0.3) is 11.2 Å². The predicted octanol–water partition coefficient (Wildman–Crippen LogP) is 0.589. The van der Waals surface area contributed by atoms with Crippen LogP contribution in [0, 0.1) is 0 Å². The van der Waals surface area contributed by atoms with Crippen LogP contribution in [0.1, 0.15) is 0 Å². The van der Waals surface area contributed by atoms with E-state index in [9.17, 15) is 9.90 Å². The van der Waals surface area contributed by atoms with Gasteiger partial charge in [0.25, 0.3) is 0 Å². The number of aliphatic hydroxyl groups excluding tert-OH is 1. The molecule has 2 aromatic rings. The van der Waals surface area contributed by atoms with Crippen molar-refractivity contribution in [2.75, 3.05) is 5.88 Å². The first-order chi connectivity index (χ1) is 7.22. The van der Waals surface area contributed by atoms with Gasteiger partial charge in [0, 0.05) is 6.20 Å². The molecule has 0 aliphatic carbocycles. The van der Waals surface area contributed by atoms with Crippen molar-refractivity contribution in [1.82, 2.24) is 9.55 Å². The van der Waals surface area contributed by atoms with E-state index in [1.54, 1.807) is 18.3 Å². The molecule has 5 nitrogen and oxygen atoms in total.